The molecule has 1 atom stereocenters. The Bertz CT molecular complexity index is 1170. The molecule has 6 nitrogen and oxygen atoms in total. The highest BCUT2D eigenvalue weighted by atomic mass is 16.6. The SMILES string of the molecule is O=C(NCC1COc2ccccc2O1)c1ccc2noc(-c3ccccc3)c2c1. The van der Waals surface area contributed by atoms with Crippen LogP contribution in [0.2, 0.25) is 0 Å². The van der Waals surface area contributed by atoms with Crippen LogP contribution in [0.3, 0.4) is 0 Å². The maximum absolute atomic E-state index is 12.7. The second-order valence-electron chi connectivity index (χ2n) is 6.82. The summed E-state index contributed by atoms with van der Waals surface area (Å²) in [6, 6.07) is 22.5. The number of rotatable bonds is 4. The number of aromatic nitrogens is 1. The van der Waals surface area contributed by atoms with Crippen LogP contribution in [0.25, 0.3) is 22.2 Å². The van der Waals surface area contributed by atoms with Crippen molar-refractivity contribution in [3.63, 3.8) is 0 Å². The van der Waals surface area contributed by atoms with E-state index in [4.69, 9.17) is 14.0 Å². The number of benzene rings is 3. The summed E-state index contributed by atoms with van der Waals surface area (Å²) in [5.74, 6) is 1.88. The number of carbonyl (C=O) groups is 1. The van der Waals surface area contributed by atoms with Gasteiger partial charge >= 0.3 is 0 Å². The molecule has 0 fully saturated rings. The van der Waals surface area contributed by atoms with Gasteiger partial charge in [0.25, 0.3) is 5.91 Å². The fourth-order valence-electron chi connectivity index (χ4n) is 3.35. The van der Waals surface area contributed by atoms with Gasteiger partial charge in [0.1, 0.15) is 18.2 Å². The lowest BCUT2D eigenvalue weighted by atomic mass is 10.1. The molecule has 0 spiro atoms. The van der Waals surface area contributed by atoms with Crippen molar-refractivity contribution >= 4 is 16.8 Å². The first-order valence-corrected chi connectivity index (χ1v) is 9.39. The van der Waals surface area contributed by atoms with Crippen molar-refractivity contribution in [1.29, 1.82) is 0 Å². The average molecular weight is 386 g/mol. The van der Waals surface area contributed by atoms with Gasteiger partial charge in [-0.05, 0) is 30.3 Å². The van der Waals surface area contributed by atoms with E-state index in [1.807, 2.05) is 54.6 Å². The van der Waals surface area contributed by atoms with E-state index in [1.165, 1.54) is 0 Å². The molecular formula is C23H18N2O4. The van der Waals surface area contributed by atoms with Crippen LogP contribution in [0.4, 0.5) is 0 Å². The predicted octanol–water partition coefficient (Wildman–Crippen LogP) is 4.06. The van der Waals surface area contributed by atoms with E-state index in [0.29, 0.717) is 35.7 Å². The predicted molar refractivity (Wildman–Crippen MR) is 108 cm³/mol. The number of hydrogen-bond donors (Lipinski definition) is 1. The minimum absolute atomic E-state index is 0.186. The fraction of sp³-hybridized carbons (Fsp3) is 0.130. The zero-order valence-corrected chi connectivity index (χ0v) is 15.5. The largest absolute Gasteiger partial charge is 0.486 e. The van der Waals surface area contributed by atoms with Gasteiger partial charge in [0.15, 0.2) is 17.3 Å². The molecular weight excluding hydrogens is 368 g/mol. The summed E-state index contributed by atoms with van der Waals surface area (Å²) in [7, 11) is 0. The van der Waals surface area contributed by atoms with E-state index in [9.17, 15) is 4.79 Å². The second kappa shape index (κ2) is 7.31. The number of carbonyl (C=O) groups excluding carboxylic acids is 1. The minimum atomic E-state index is -0.243. The van der Waals surface area contributed by atoms with Gasteiger partial charge in [-0.1, -0.05) is 47.6 Å². The maximum Gasteiger partial charge on any atom is 0.251 e. The molecule has 1 aliphatic rings. The van der Waals surface area contributed by atoms with Crippen molar-refractivity contribution in [1.82, 2.24) is 10.5 Å². The zero-order valence-electron chi connectivity index (χ0n) is 15.5. The Hall–Kier alpha value is -3.80. The molecule has 1 N–H and O–H groups in total. The van der Waals surface area contributed by atoms with Crippen molar-refractivity contribution in [3.05, 3.63) is 78.4 Å². The minimum Gasteiger partial charge on any atom is -0.486 e. The molecule has 1 aromatic heterocycles. The third kappa shape index (κ3) is 3.40. The Labute approximate surface area is 167 Å². The van der Waals surface area contributed by atoms with E-state index in [0.717, 1.165) is 16.7 Å². The van der Waals surface area contributed by atoms with Crippen LogP contribution in [0, 0.1) is 0 Å². The Morgan fingerprint density at radius 1 is 1.00 bits per heavy atom. The Morgan fingerprint density at radius 3 is 2.66 bits per heavy atom. The molecule has 0 aliphatic carbocycles. The highest BCUT2D eigenvalue weighted by molar-refractivity contribution is 6.01. The van der Waals surface area contributed by atoms with E-state index in [1.54, 1.807) is 18.2 Å². The number of ether oxygens (including phenoxy) is 2. The molecule has 1 unspecified atom stereocenters. The van der Waals surface area contributed by atoms with Gasteiger partial charge in [-0.25, -0.2) is 0 Å². The first-order valence-electron chi connectivity index (χ1n) is 9.39. The van der Waals surface area contributed by atoms with Crippen molar-refractivity contribution < 1.29 is 18.8 Å². The molecule has 0 saturated heterocycles. The van der Waals surface area contributed by atoms with E-state index in [-0.39, 0.29) is 12.0 Å². The van der Waals surface area contributed by atoms with E-state index < -0.39 is 0 Å². The highest BCUT2D eigenvalue weighted by Gasteiger charge is 2.21. The molecule has 2 heterocycles. The zero-order chi connectivity index (χ0) is 19.6. The van der Waals surface area contributed by atoms with Crippen LogP contribution in [-0.2, 0) is 0 Å². The third-order valence-electron chi connectivity index (χ3n) is 4.83. The second-order valence-corrected chi connectivity index (χ2v) is 6.82. The number of fused-ring (bicyclic) bond motifs is 2. The topological polar surface area (TPSA) is 73.6 Å². The summed E-state index contributed by atoms with van der Waals surface area (Å²) in [4.78, 5) is 12.7. The lowest BCUT2D eigenvalue weighted by molar-refractivity contribution is 0.0789. The lowest BCUT2D eigenvalue weighted by Gasteiger charge is -2.26. The van der Waals surface area contributed by atoms with Gasteiger partial charge in [-0.15, -0.1) is 0 Å². The van der Waals surface area contributed by atoms with E-state index in [2.05, 4.69) is 10.5 Å². The van der Waals surface area contributed by atoms with Crippen LogP contribution in [0.1, 0.15) is 10.4 Å². The molecule has 5 rings (SSSR count). The monoisotopic (exact) mass is 386 g/mol. The van der Waals surface area contributed by atoms with Gasteiger partial charge in [0, 0.05) is 11.1 Å². The first-order chi connectivity index (χ1) is 14.3. The van der Waals surface area contributed by atoms with Crippen LogP contribution < -0.4 is 14.8 Å². The van der Waals surface area contributed by atoms with Gasteiger partial charge in [-0.3, -0.25) is 4.79 Å². The molecule has 1 amide bonds. The van der Waals surface area contributed by atoms with Crippen molar-refractivity contribution in [2.75, 3.05) is 13.2 Å². The quantitative estimate of drug-likeness (QED) is 0.572. The van der Waals surface area contributed by atoms with Gasteiger partial charge < -0.3 is 19.3 Å². The molecule has 1 aliphatic heterocycles. The van der Waals surface area contributed by atoms with Crippen LogP contribution >= 0.6 is 0 Å². The smallest absolute Gasteiger partial charge is 0.251 e. The summed E-state index contributed by atoms with van der Waals surface area (Å²) in [5.41, 5.74) is 2.16. The molecule has 6 heteroatoms. The molecule has 4 aromatic rings. The number of nitrogens with one attached hydrogen (secondary N) is 1. The number of amides is 1. The number of hydrogen-bond acceptors (Lipinski definition) is 5. The molecule has 0 bridgehead atoms. The fourth-order valence-corrected chi connectivity index (χ4v) is 3.35. The Balaban J connectivity index is 1.31. The summed E-state index contributed by atoms with van der Waals surface area (Å²) < 4.78 is 17.1. The molecule has 0 saturated carbocycles. The first kappa shape index (κ1) is 17.3. The summed E-state index contributed by atoms with van der Waals surface area (Å²) in [5, 5.41) is 7.81. The highest BCUT2D eigenvalue weighted by Crippen LogP contribution is 2.31. The summed E-state index contributed by atoms with van der Waals surface area (Å²) in [6.07, 6.45) is -0.243. The molecule has 0 radical (unpaired) electrons. The number of nitrogens with zero attached hydrogens (tertiary/aromatic N) is 1. The van der Waals surface area contributed by atoms with Crippen LogP contribution in [0.5, 0.6) is 11.5 Å². The van der Waals surface area contributed by atoms with Gasteiger partial charge in [0.2, 0.25) is 0 Å². The molecule has 29 heavy (non-hydrogen) atoms. The standard InChI is InChI=1S/C23H18N2O4/c26-23(24-13-17-14-27-20-8-4-5-9-21(20)28-17)16-10-11-19-18(12-16)22(29-25-19)15-6-2-1-3-7-15/h1-12,17H,13-14H2,(H,24,26). The third-order valence-corrected chi connectivity index (χ3v) is 4.83. The molecule has 144 valence electrons. The Kier molecular flexibility index (Phi) is 4.37. The van der Waals surface area contributed by atoms with Crippen molar-refractivity contribution in [3.8, 4) is 22.8 Å². The van der Waals surface area contributed by atoms with Crippen molar-refractivity contribution in [2.24, 2.45) is 0 Å². The van der Waals surface area contributed by atoms with Crippen LogP contribution in [0.15, 0.2) is 77.3 Å². The van der Waals surface area contributed by atoms with Gasteiger partial charge in [0.05, 0.1) is 11.9 Å². The van der Waals surface area contributed by atoms with Crippen LogP contribution in [-0.4, -0.2) is 30.3 Å². The normalized spacial score (nSPS) is 15.2. The summed E-state index contributed by atoms with van der Waals surface area (Å²) in [6.45, 7) is 0.737. The number of para-hydroxylation sites is 2. The summed E-state index contributed by atoms with van der Waals surface area (Å²) >= 11 is 0. The van der Waals surface area contributed by atoms with Crippen molar-refractivity contribution in [2.45, 2.75) is 6.10 Å². The molecule has 3 aromatic carbocycles. The maximum atomic E-state index is 12.7. The average Bonchev–Trinajstić information content (AvgIpc) is 3.21. The van der Waals surface area contributed by atoms with E-state index >= 15 is 0 Å². The Morgan fingerprint density at radius 2 is 1.79 bits per heavy atom. The van der Waals surface area contributed by atoms with Gasteiger partial charge in [-0.2, -0.15) is 0 Å². The lowest BCUT2D eigenvalue weighted by Crippen LogP contribution is -2.40.